The van der Waals surface area contributed by atoms with E-state index in [2.05, 4.69) is 20.5 Å². The molecule has 190 valence electrons. The molecule has 6 rings (SSSR count). The fourth-order valence-electron chi connectivity index (χ4n) is 3.95. The second kappa shape index (κ2) is 10.8. The van der Waals surface area contributed by atoms with E-state index in [1.807, 2.05) is 78.9 Å². The van der Waals surface area contributed by atoms with Gasteiger partial charge in [-0.05, 0) is 72.8 Å². The SMILES string of the molecule is O=C(COc1ccc(Oc2ccccc2)cc1)Nc1cccc(-c2ccc3nnc(-c4cccnc4)n3n2)c1. The standard InChI is InChI=1S/C30H22N6O3/c37-29(20-38-24-11-13-26(14-12-24)39-25-9-2-1-3-10-25)32-23-8-4-6-21(18-23)27-15-16-28-33-34-30(36(28)35-27)22-7-5-17-31-19-22/h1-19H,20H2,(H,32,37). The molecule has 0 radical (unpaired) electrons. The molecule has 0 fully saturated rings. The number of pyridine rings is 1. The Morgan fingerprint density at radius 2 is 1.56 bits per heavy atom. The van der Waals surface area contributed by atoms with E-state index in [0.717, 1.165) is 16.9 Å². The zero-order valence-electron chi connectivity index (χ0n) is 20.6. The van der Waals surface area contributed by atoms with Crippen LogP contribution in [-0.2, 0) is 4.79 Å². The monoisotopic (exact) mass is 514 g/mol. The van der Waals surface area contributed by atoms with Crippen LogP contribution in [0.1, 0.15) is 0 Å². The molecule has 0 aliphatic carbocycles. The Hall–Kier alpha value is -5.57. The van der Waals surface area contributed by atoms with Crippen LogP contribution in [0.5, 0.6) is 17.2 Å². The van der Waals surface area contributed by atoms with E-state index < -0.39 is 0 Å². The molecule has 0 spiro atoms. The molecule has 1 N–H and O–H groups in total. The van der Waals surface area contributed by atoms with Crippen molar-refractivity contribution in [3.05, 3.63) is 116 Å². The van der Waals surface area contributed by atoms with Crippen molar-refractivity contribution in [1.82, 2.24) is 24.8 Å². The van der Waals surface area contributed by atoms with Gasteiger partial charge in [0.25, 0.3) is 5.91 Å². The molecule has 3 aromatic carbocycles. The number of fused-ring (bicyclic) bond motifs is 1. The molecule has 9 nitrogen and oxygen atoms in total. The Morgan fingerprint density at radius 1 is 0.769 bits per heavy atom. The highest BCUT2D eigenvalue weighted by Gasteiger charge is 2.12. The van der Waals surface area contributed by atoms with Crippen LogP contribution in [-0.4, -0.2) is 37.3 Å². The average Bonchev–Trinajstić information content (AvgIpc) is 3.41. The van der Waals surface area contributed by atoms with Crippen LogP contribution in [0.25, 0.3) is 28.3 Å². The molecular weight excluding hydrogens is 492 g/mol. The van der Waals surface area contributed by atoms with Gasteiger partial charge in [-0.15, -0.1) is 10.2 Å². The molecule has 0 aliphatic heterocycles. The number of aromatic nitrogens is 5. The van der Waals surface area contributed by atoms with Crippen molar-refractivity contribution in [3.8, 4) is 39.9 Å². The van der Waals surface area contributed by atoms with Crippen molar-refractivity contribution in [2.45, 2.75) is 0 Å². The van der Waals surface area contributed by atoms with Gasteiger partial charge in [-0.25, -0.2) is 0 Å². The number of anilines is 1. The Bertz CT molecular complexity index is 1720. The number of nitrogens with one attached hydrogen (secondary N) is 1. The van der Waals surface area contributed by atoms with E-state index in [-0.39, 0.29) is 12.5 Å². The predicted molar refractivity (Wildman–Crippen MR) is 147 cm³/mol. The lowest BCUT2D eigenvalue weighted by Gasteiger charge is -2.10. The summed E-state index contributed by atoms with van der Waals surface area (Å²) >= 11 is 0. The first-order valence-corrected chi connectivity index (χ1v) is 12.2. The van der Waals surface area contributed by atoms with Crippen LogP contribution in [0.4, 0.5) is 5.69 Å². The second-order valence-corrected chi connectivity index (χ2v) is 8.56. The number of rotatable bonds is 8. The fraction of sp³-hybridized carbons (Fsp3) is 0.0333. The third kappa shape index (κ3) is 5.57. The Morgan fingerprint density at radius 3 is 2.38 bits per heavy atom. The van der Waals surface area contributed by atoms with E-state index in [1.165, 1.54) is 0 Å². The van der Waals surface area contributed by atoms with Gasteiger partial charge in [-0.2, -0.15) is 9.61 Å². The summed E-state index contributed by atoms with van der Waals surface area (Å²) in [5.41, 5.74) is 3.60. The number of benzene rings is 3. The lowest BCUT2D eigenvalue weighted by Crippen LogP contribution is -2.20. The first kappa shape index (κ1) is 23.8. The number of hydrogen-bond donors (Lipinski definition) is 1. The molecule has 39 heavy (non-hydrogen) atoms. The summed E-state index contributed by atoms with van der Waals surface area (Å²) in [6.45, 7) is -0.136. The largest absolute Gasteiger partial charge is 0.484 e. The highest BCUT2D eigenvalue weighted by molar-refractivity contribution is 5.92. The molecule has 9 heteroatoms. The van der Waals surface area contributed by atoms with Gasteiger partial charge in [-0.3, -0.25) is 9.78 Å². The quantitative estimate of drug-likeness (QED) is 0.279. The van der Waals surface area contributed by atoms with Gasteiger partial charge in [0.1, 0.15) is 17.2 Å². The molecule has 1 amide bonds. The molecule has 0 saturated heterocycles. The van der Waals surface area contributed by atoms with E-state index >= 15 is 0 Å². The first-order chi connectivity index (χ1) is 19.2. The summed E-state index contributed by atoms with van der Waals surface area (Å²) in [4.78, 5) is 16.7. The van der Waals surface area contributed by atoms with Gasteiger partial charge in [0.2, 0.25) is 0 Å². The maximum Gasteiger partial charge on any atom is 0.262 e. The average molecular weight is 515 g/mol. The Labute approximate surface area is 223 Å². The van der Waals surface area contributed by atoms with E-state index in [9.17, 15) is 4.79 Å². The van der Waals surface area contributed by atoms with E-state index in [4.69, 9.17) is 14.6 Å². The molecule has 3 aromatic heterocycles. The van der Waals surface area contributed by atoms with Gasteiger partial charge in [0, 0.05) is 29.2 Å². The summed E-state index contributed by atoms with van der Waals surface area (Å²) < 4.78 is 13.1. The second-order valence-electron chi connectivity index (χ2n) is 8.56. The summed E-state index contributed by atoms with van der Waals surface area (Å²) in [5.74, 6) is 2.31. The van der Waals surface area contributed by atoms with Crippen molar-refractivity contribution in [2.75, 3.05) is 11.9 Å². The third-order valence-corrected chi connectivity index (χ3v) is 5.80. The van der Waals surface area contributed by atoms with Crippen molar-refractivity contribution in [2.24, 2.45) is 0 Å². The van der Waals surface area contributed by atoms with E-state index in [1.54, 1.807) is 41.2 Å². The van der Waals surface area contributed by atoms with E-state index in [0.29, 0.717) is 34.4 Å². The third-order valence-electron chi connectivity index (χ3n) is 5.80. The van der Waals surface area contributed by atoms with Crippen molar-refractivity contribution in [3.63, 3.8) is 0 Å². The van der Waals surface area contributed by atoms with Crippen molar-refractivity contribution < 1.29 is 14.3 Å². The molecule has 0 unspecified atom stereocenters. The molecule has 3 heterocycles. The van der Waals surface area contributed by atoms with Crippen molar-refractivity contribution in [1.29, 1.82) is 0 Å². The topological polar surface area (TPSA) is 104 Å². The first-order valence-electron chi connectivity index (χ1n) is 12.2. The number of nitrogens with zero attached hydrogens (tertiary/aromatic N) is 5. The van der Waals surface area contributed by atoms with Crippen LogP contribution >= 0.6 is 0 Å². The summed E-state index contributed by atoms with van der Waals surface area (Å²) in [5, 5.41) is 16.1. The maximum absolute atomic E-state index is 12.6. The molecular formula is C30H22N6O3. The van der Waals surface area contributed by atoms with Crippen LogP contribution in [0.15, 0.2) is 116 Å². The van der Waals surface area contributed by atoms with Crippen LogP contribution in [0.3, 0.4) is 0 Å². The molecule has 0 saturated carbocycles. The van der Waals surface area contributed by atoms with Gasteiger partial charge in [0.05, 0.1) is 5.69 Å². The molecule has 0 bridgehead atoms. The molecule has 6 aromatic rings. The number of carbonyl (C=O) groups excluding carboxylic acids is 1. The predicted octanol–water partition coefficient (Wildman–Crippen LogP) is 5.66. The minimum Gasteiger partial charge on any atom is -0.484 e. The van der Waals surface area contributed by atoms with Gasteiger partial charge >= 0.3 is 0 Å². The van der Waals surface area contributed by atoms with Crippen molar-refractivity contribution >= 4 is 17.2 Å². The smallest absolute Gasteiger partial charge is 0.262 e. The van der Waals surface area contributed by atoms with Crippen LogP contribution in [0, 0.1) is 0 Å². The highest BCUT2D eigenvalue weighted by Crippen LogP contribution is 2.25. The summed E-state index contributed by atoms with van der Waals surface area (Å²) in [7, 11) is 0. The minimum absolute atomic E-state index is 0.136. The summed E-state index contributed by atoms with van der Waals surface area (Å²) in [6.07, 6.45) is 3.42. The highest BCUT2D eigenvalue weighted by atomic mass is 16.5. The lowest BCUT2D eigenvalue weighted by atomic mass is 10.1. The molecule has 0 atom stereocenters. The van der Waals surface area contributed by atoms with Gasteiger partial charge in [-0.1, -0.05) is 30.3 Å². The Balaban J connectivity index is 1.10. The number of para-hydroxylation sites is 1. The zero-order chi connectivity index (χ0) is 26.4. The number of ether oxygens (including phenoxy) is 2. The Kier molecular flexibility index (Phi) is 6.60. The van der Waals surface area contributed by atoms with Gasteiger partial charge < -0.3 is 14.8 Å². The fourth-order valence-corrected chi connectivity index (χ4v) is 3.95. The number of hydrogen-bond acceptors (Lipinski definition) is 7. The van der Waals surface area contributed by atoms with Gasteiger partial charge in [0.15, 0.2) is 18.1 Å². The normalized spacial score (nSPS) is 10.8. The maximum atomic E-state index is 12.6. The number of carbonyl (C=O) groups is 1. The minimum atomic E-state index is -0.280. The number of amides is 1. The summed E-state index contributed by atoms with van der Waals surface area (Å²) in [6, 6.07) is 31.5. The van der Waals surface area contributed by atoms with Crippen LogP contribution in [0.2, 0.25) is 0 Å². The molecule has 0 aliphatic rings. The zero-order valence-corrected chi connectivity index (χ0v) is 20.6. The lowest BCUT2D eigenvalue weighted by molar-refractivity contribution is -0.118. The van der Waals surface area contributed by atoms with Crippen LogP contribution < -0.4 is 14.8 Å².